The van der Waals surface area contributed by atoms with Crippen LogP contribution in [0.5, 0.6) is 5.75 Å². The summed E-state index contributed by atoms with van der Waals surface area (Å²) < 4.78 is 37.2. The zero-order valence-corrected chi connectivity index (χ0v) is 15.4. The number of rotatable bonds is 7. The number of carbonyl (C=O) groups excluding carboxylic acids is 1. The molecule has 2 amide bonds. The molecule has 0 unspecified atom stereocenters. The van der Waals surface area contributed by atoms with Crippen LogP contribution in [0.4, 0.5) is 19.3 Å². The number of hydrogen-bond donors (Lipinski definition) is 2. The highest BCUT2D eigenvalue weighted by molar-refractivity contribution is 5.89. The van der Waals surface area contributed by atoms with Crippen molar-refractivity contribution in [2.45, 2.75) is 6.54 Å². The fourth-order valence-corrected chi connectivity index (χ4v) is 2.79. The molecule has 3 rings (SSSR count). The zero-order valence-electron chi connectivity index (χ0n) is 15.4. The van der Waals surface area contributed by atoms with Gasteiger partial charge in [-0.1, -0.05) is 12.1 Å². The first kappa shape index (κ1) is 20.0. The maximum atomic E-state index is 13.2. The number of ether oxygens (including phenoxy) is 2. The Labute approximate surface area is 162 Å². The molecular formula is C20H23F2N3O3. The van der Waals surface area contributed by atoms with E-state index in [-0.39, 0.29) is 12.2 Å². The number of morpholine rings is 1. The average molecular weight is 391 g/mol. The van der Waals surface area contributed by atoms with Gasteiger partial charge in [-0.3, -0.25) is 4.90 Å². The monoisotopic (exact) mass is 391 g/mol. The van der Waals surface area contributed by atoms with E-state index in [4.69, 9.17) is 9.47 Å². The first-order chi connectivity index (χ1) is 13.6. The van der Waals surface area contributed by atoms with Gasteiger partial charge in [-0.05, 0) is 29.8 Å². The van der Waals surface area contributed by atoms with Gasteiger partial charge in [0.15, 0.2) is 11.6 Å². The molecule has 8 heteroatoms. The minimum absolute atomic E-state index is 0.177. The quantitative estimate of drug-likeness (QED) is 0.762. The van der Waals surface area contributed by atoms with Crippen LogP contribution in [-0.2, 0) is 11.3 Å². The van der Waals surface area contributed by atoms with E-state index in [1.165, 1.54) is 6.07 Å². The molecule has 0 aliphatic carbocycles. The predicted octanol–water partition coefficient (Wildman–Crippen LogP) is 3.00. The van der Waals surface area contributed by atoms with E-state index in [1.54, 1.807) is 0 Å². The molecule has 2 aromatic rings. The molecule has 1 saturated heterocycles. The van der Waals surface area contributed by atoms with Crippen molar-refractivity contribution in [3.05, 3.63) is 59.7 Å². The largest absolute Gasteiger partial charge is 0.492 e. The molecule has 6 nitrogen and oxygen atoms in total. The lowest BCUT2D eigenvalue weighted by atomic mass is 10.2. The van der Waals surface area contributed by atoms with Crippen LogP contribution in [0, 0.1) is 11.6 Å². The highest BCUT2D eigenvalue weighted by atomic mass is 19.2. The molecular weight excluding hydrogens is 368 g/mol. The van der Waals surface area contributed by atoms with Gasteiger partial charge in [0.05, 0.1) is 13.2 Å². The highest BCUT2D eigenvalue weighted by Crippen LogP contribution is 2.15. The van der Waals surface area contributed by atoms with E-state index >= 15 is 0 Å². The summed E-state index contributed by atoms with van der Waals surface area (Å²) in [5.74, 6) is -1.25. The summed E-state index contributed by atoms with van der Waals surface area (Å²) in [5, 5.41) is 5.13. The highest BCUT2D eigenvalue weighted by Gasteiger charge is 2.10. The van der Waals surface area contributed by atoms with Gasteiger partial charge in [0.1, 0.15) is 12.4 Å². The Kier molecular flexibility index (Phi) is 7.16. The summed E-state index contributed by atoms with van der Waals surface area (Å²) in [6, 6.07) is 10.1. The van der Waals surface area contributed by atoms with Crippen LogP contribution in [0.3, 0.4) is 0 Å². The Morgan fingerprint density at radius 3 is 2.71 bits per heavy atom. The maximum absolute atomic E-state index is 13.2. The van der Waals surface area contributed by atoms with Crippen LogP contribution >= 0.6 is 0 Å². The SMILES string of the molecule is O=C(NCc1cccc(OCCN2CCOCC2)c1)Nc1ccc(F)c(F)c1. The van der Waals surface area contributed by atoms with Gasteiger partial charge in [0, 0.05) is 37.9 Å². The van der Waals surface area contributed by atoms with Crippen molar-refractivity contribution in [2.24, 2.45) is 0 Å². The number of carbonyl (C=O) groups is 1. The molecule has 2 aromatic carbocycles. The van der Waals surface area contributed by atoms with Crippen LogP contribution in [0.2, 0.25) is 0 Å². The first-order valence-corrected chi connectivity index (χ1v) is 9.12. The van der Waals surface area contributed by atoms with Crippen LogP contribution in [0.15, 0.2) is 42.5 Å². The van der Waals surface area contributed by atoms with Gasteiger partial charge < -0.3 is 20.1 Å². The van der Waals surface area contributed by atoms with Crippen molar-refractivity contribution >= 4 is 11.7 Å². The third-order valence-electron chi connectivity index (χ3n) is 4.31. The van der Waals surface area contributed by atoms with E-state index in [1.807, 2.05) is 24.3 Å². The molecule has 150 valence electrons. The molecule has 1 heterocycles. The fourth-order valence-electron chi connectivity index (χ4n) is 2.79. The average Bonchev–Trinajstić information content (AvgIpc) is 2.70. The molecule has 1 fully saturated rings. The summed E-state index contributed by atoms with van der Waals surface area (Å²) in [5.41, 5.74) is 1.04. The lowest BCUT2D eigenvalue weighted by Crippen LogP contribution is -2.38. The number of hydrogen-bond acceptors (Lipinski definition) is 4. The molecule has 2 N–H and O–H groups in total. The molecule has 0 spiro atoms. The third kappa shape index (κ3) is 6.17. The lowest BCUT2D eigenvalue weighted by Gasteiger charge is -2.26. The maximum Gasteiger partial charge on any atom is 0.319 e. The van der Waals surface area contributed by atoms with Crippen molar-refractivity contribution in [3.8, 4) is 5.75 Å². The smallest absolute Gasteiger partial charge is 0.319 e. The van der Waals surface area contributed by atoms with E-state index in [9.17, 15) is 13.6 Å². The first-order valence-electron chi connectivity index (χ1n) is 9.12. The second-order valence-corrected chi connectivity index (χ2v) is 6.39. The minimum atomic E-state index is -1.01. The van der Waals surface area contributed by atoms with Crippen LogP contribution in [0.25, 0.3) is 0 Å². The van der Waals surface area contributed by atoms with Crippen molar-refractivity contribution in [1.82, 2.24) is 10.2 Å². The van der Waals surface area contributed by atoms with Gasteiger partial charge in [-0.15, -0.1) is 0 Å². The molecule has 1 aliphatic heterocycles. The second kappa shape index (κ2) is 10.0. The van der Waals surface area contributed by atoms with E-state index < -0.39 is 17.7 Å². The lowest BCUT2D eigenvalue weighted by molar-refractivity contribution is 0.0322. The van der Waals surface area contributed by atoms with Gasteiger partial charge in [0.25, 0.3) is 0 Å². The topological polar surface area (TPSA) is 62.8 Å². The van der Waals surface area contributed by atoms with Crippen LogP contribution in [0.1, 0.15) is 5.56 Å². The summed E-state index contributed by atoms with van der Waals surface area (Å²) in [4.78, 5) is 14.2. The normalized spacial score (nSPS) is 14.5. The molecule has 0 saturated carbocycles. The number of nitrogens with one attached hydrogen (secondary N) is 2. The van der Waals surface area contributed by atoms with Crippen molar-refractivity contribution in [1.29, 1.82) is 0 Å². The Bertz CT molecular complexity index is 798. The summed E-state index contributed by atoms with van der Waals surface area (Å²) in [7, 11) is 0. The Balaban J connectivity index is 1.43. The van der Waals surface area contributed by atoms with Gasteiger partial charge >= 0.3 is 6.03 Å². The minimum Gasteiger partial charge on any atom is -0.492 e. The molecule has 0 atom stereocenters. The Morgan fingerprint density at radius 2 is 1.93 bits per heavy atom. The molecule has 0 aromatic heterocycles. The Morgan fingerprint density at radius 1 is 1.11 bits per heavy atom. The standard InChI is InChI=1S/C20H23F2N3O3/c21-18-5-4-16(13-19(18)22)24-20(26)23-14-15-2-1-3-17(12-15)28-11-8-25-6-9-27-10-7-25/h1-5,12-13H,6-11,14H2,(H2,23,24,26). The molecule has 0 bridgehead atoms. The summed E-state index contributed by atoms with van der Waals surface area (Å²) >= 11 is 0. The second-order valence-electron chi connectivity index (χ2n) is 6.39. The van der Waals surface area contributed by atoms with Crippen LogP contribution in [-0.4, -0.2) is 50.4 Å². The number of anilines is 1. The van der Waals surface area contributed by atoms with E-state index in [0.29, 0.717) is 6.61 Å². The predicted molar refractivity (Wildman–Crippen MR) is 101 cm³/mol. The fraction of sp³-hybridized carbons (Fsp3) is 0.350. The number of benzene rings is 2. The van der Waals surface area contributed by atoms with Gasteiger partial charge in [-0.2, -0.15) is 0 Å². The summed E-state index contributed by atoms with van der Waals surface area (Å²) in [6.07, 6.45) is 0. The molecule has 0 radical (unpaired) electrons. The number of amides is 2. The van der Waals surface area contributed by atoms with Crippen LogP contribution < -0.4 is 15.4 Å². The molecule has 28 heavy (non-hydrogen) atoms. The van der Waals surface area contributed by atoms with Crippen molar-refractivity contribution < 1.29 is 23.0 Å². The van der Waals surface area contributed by atoms with E-state index in [0.717, 1.165) is 56.3 Å². The van der Waals surface area contributed by atoms with Crippen molar-refractivity contribution in [2.75, 3.05) is 44.8 Å². The van der Waals surface area contributed by atoms with Gasteiger partial charge in [0.2, 0.25) is 0 Å². The summed E-state index contributed by atoms with van der Waals surface area (Å²) in [6.45, 7) is 5.04. The van der Waals surface area contributed by atoms with Crippen molar-refractivity contribution in [3.63, 3.8) is 0 Å². The van der Waals surface area contributed by atoms with E-state index in [2.05, 4.69) is 15.5 Å². The third-order valence-corrected chi connectivity index (χ3v) is 4.31. The molecule has 1 aliphatic rings. The Hall–Kier alpha value is -2.71. The zero-order chi connectivity index (χ0) is 19.8. The number of halogens is 2. The van der Waals surface area contributed by atoms with Gasteiger partial charge in [-0.25, -0.2) is 13.6 Å². The number of urea groups is 1. The number of nitrogens with zero attached hydrogens (tertiary/aromatic N) is 1.